The third kappa shape index (κ3) is 5.65. The van der Waals surface area contributed by atoms with E-state index in [4.69, 9.17) is 4.74 Å². The highest BCUT2D eigenvalue weighted by molar-refractivity contribution is 5.82. The molecule has 0 saturated carbocycles. The van der Waals surface area contributed by atoms with E-state index in [0.29, 0.717) is 5.57 Å². The Morgan fingerprint density at radius 2 is 2.10 bits per heavy atom. The van der Waals surface area contributed by atoms with E-state index >= 15 is 0 Å². The molecule has 1 fully saturated rings. The fourth-order valence-electron chi connectivity index (χ4n) is 1.98. The number of carbonyl (C=O) groups excluding carboxylic acids is 1. The largest absolute Gasteiger partial charge is 0.444 e. The zero-order valence-electron chi connectivity index (χ0n) is 12.9. The Hall–Kier alpha value is -1.72. The SMILES string of the molecule is C=C(C=N/C=C(\C)F)[C@H]1C[C@H](F)CN1C(=O)OC(C)(C)C. The van der Waals surface area contributed by atoms with Gasteiger partial charge >= 0.3 is 6.09 Å². The van der Waals surface area contributed by atoms with Crippen molar-refractivity contribution in [3.8, 4) is 0 Å². The van der Waals surface area contributed by atoms with Gasteiger partial charge in [0.25, 0.3) is 0 Å². The lowest BCUT2D eigenvalue weighted by molar-refractivity contribution is 0.0244. The first kappa shape index (κ1) is 17.3. The smallest absolute Gasteiger partial charge is 0.410 e. The van der Waals surface area contributed by atoms with Gasteiger partial charge in [-0.3, -0.25) is 9.89 Å². The van der Waals surface area contributed by atoms with E-state index in [1.165, 1.54) is 18.0 Å². The Bertz CT molecular complexity index is 463. The summed E-state index contributed by atoms with van der Waals surface area (Å²) in [4.78, 5) is 17.1. The lowest BCUT2D eigenvalue weighted by Gasteiger charge is -2.28. The minimum Gasteiger partial charge on any atom is -0.444 e. The van der Waals surface area contributed by atoms with E-state index < -0.39 is 29.7 Å². The van der Waals surface area contributed by atoms with Crippen molar-refractivity contribution in [3.05, 3.63) is 24.2 Å². The number of aliphatic imine (C=N–C) groups is 1. The van der Waals surface area contributed by atoms with Crippen molar-refractivity contribution in [2.75, 3.05) is 6.54 Å². The predicted octanol–water partition coefficient (Wildman–Crippen LogP) is 3.79. The van der Waals surface area contributed by atoms with Gasteiger partial charge in [0.15, 0.2) is 0 Å². The van der Waals surface area contributed by atoms with Crippen LogP contribution >= 0.6 is 0 Å². The number of allylic oxidation sites excluding steroid dienone is 1. The van der Waals surface area contributed by atoms with Gasteiger partial charge in [-0.05, 0) is 33.3 Å². The molecular formula is C15H22F2N2O2. The summed E-state index contributed by atoms with van der Waals surface area (Å²) >= 11 is 0. The Balaban J connectivity index is 2.79. The average molecular weight is 300 g/mol. The Kier molecular flexibility index (Phi) is 5.63. The Morgan fingerprint density at radius 1 is 1.48 bits per heavy atom. The number of amides is 1. The molecule has 1 heterocycles. The highest BCUT2D eigenvalue weighted by Gasteiger charge is 2.38. The van der Waals surface area contributed by atoms with Crippen LogP contribution in [0.1, 0.15) is 34.1 Å². The molecule has 0 radical (unpaired) electrons. The molecule has 0 aromatic carbocycles. The van der Waals surface area contributed by atoms with E-state index in [-0.39, 0.29) is 13.0 Å². The fraction of sp³-hybridized carbons (Fsp3) is 0.600. The number of likely N-dealkylation sites (tertiary alicyclic amines) is 1. The van der Waals surface area contributed by atoms with Crippen LogP contribution in [-0.2, 0) is 4.74 Å². The van der Waals surface area contributed by atoms with Gasteiger partial charge in [-0.2, -0.15) is 0 Å². The number of halogens is 2. The van der Waals surface area contributed by atoms with Crippen LogP contribution in [0.25, 0.3) is 0 Å². The minimum absolute atomic E-state index is 0.0373. The van der Waals surface area contributed by atoms with E-state index in [1.54, 1.807) is 20.8 Å². The normalized spacial score (nSPS) is 23.7. The standard InChI is InChI=1S/C15H22F2N2O2/c1-10(7-18-8-11(2)16)13-6-12(17)9-19(13)14(20)21-15(3,4)5/h7-8,12-13H,1,6,9H2,2-5H3/b11-8+,18-7?/t12-,13+/m0/s1. The third-order valence-electron chi connectivity index (χ3n) is 2.80. The molecule has 0 aromatic heterocycles. The molecule has 0 aromatic rings. The Labute approximate surface area is 124 Å². The Morgan fingerprint density at radius 3 is 2.62 bits per heavy atom. The van der Waals surface area contributed by atoms with Crippen molar-refractivity contribution in [1.82, 2.24) is 4.90 Å². The molecule has 1 amide bonds. The summed E-state index contributed by atoms with van der Waals surface area (Å²) in [6, 6.07) is -0.521. The van der Waals surface area contributed by atoms with Gasteiger partial charge in [-0.1, -0.05) is 6.58 Å². The first-order chi connectivity index (χ1) is 9.60. The summed E-state index contributed by atoms with van der Waals surface area (Å²) in [5.41, 5.74) is -0.210. The maximum Gasteiger partial charge on any atom is 0.410 e. The summed E-state index contributed by atoms with van der Waals surface area (Å²) in [7, 11) is 0. The van der Waals surface area contributed by atoms with Crippen molar-refractivity contribution in [2.45, 2.75) is 51.9 Å². The third-order valence-corrected chi connectivity index (χ3v) is 2.80. The fourth-order valence-corrected chi connectivity index (χ4v) is 1.98. The van der Waals surface area contributed by atoms with Gasteiger partial charge in [-0.25, -0.2) is 13.6 Å². The van der Waals surface area contributed by atoms with Gasteiger partial charge < -0.3 is 4.74 Å². The number of alkyl halides is 1. The minimum atomic E-state index is -1.13. The molecule has 0 aliphatic carbocycles. The summed E-state index contributed by atoms with van der Waals surface area (Å²) < 4.78 is 31.4. The summed E-state index contributed by atoms with van der Waals surface area (Å²) in [5.74, 6) is -0.446. The van der Waals surface area contributed by atoms with Gasteiger partial charge in [0.05, 0.1) is 18.8 Å². The van der Waals surface area contributed by atoms with E-state index in [2.05, 4.69) is 11.6 Å². The number of ether oxygens (including phenoxy) is 1. The van der Waals surface area contributed by atoms with Gasteiger partial charge in [-0.15, -0.1) is 0 Å². The maximum absolute atomic E-state index is 13.6. The first-order valence-electron chi connectivity index (χ1n) is 6.78. The molecule has 1 aliphatic rings. The van der Waals surface area contributed by atoms with Crippen molar-refractivity contribution >= 4 is 12.3 Å². The first-order valence-corrected chi connectivity index (χ1v) is 6.78. The van der Waals surface area contributed by atoms with E-state index in [1.807, 2.05) is 0 Å². The van der Waals surface area contributed by atoms with Crippen molar-refractivity contribution in [1.29, 1.82) is 0 Å². The van der Waals surface area contributed by atoms with Crippen LogP contribution in [-0.4, -0.2) is 41.6 Å². The van der Waals surface area contributed by atoms with Crippen LogP contribution in [0.2, 0.25) is 0 Å². The van der Waals surface area contributed by atoms with E-state index in [0.717, 1.165) is 6.20 Å². The monoisotopic (exact) mass is 300 g/mol. The lowest BCUT2D eigenvalue weighted by atomic mass is 10.1. The molecule has 2 atom stereocenters. The molecule has 0 spiro atoms. The lowest BCUT2D eigenvalue weighted by Crippen LogP contribution is -2.40. The molecule has 0 bridgehead atoms. The van der Waals surface area contributed by atoms with Crippen molar-refractivity contribution in [2.24, 2.45) is 4.99 Å². The number of rotatable bonds is 3. The molecule has 1 saturated heterocycles. The van der Waals surface area contributed by atoms with Crippen LogP contribution in [0, 0.1) is 0 Å². The van der Waals surface area contributed by atoms with Gasteiger partial charge in [0.1, 0.15) is 17.6 Å². The average Bonchev–Trinajstić information content (AvgIpc) is 2.68. The molecule has 1 aliphatic heterocycles. The van der Waals surface area contributed by atoms with E-state index in [9.17, 15) is 13.6 Å². The zero-order valence-corrected chi connectivity index (χ0v) is 12.9. The quantitative estimate of drug-likeness (QED) is 0.744. The molecule has 4 nitrogen and oxygen atoms in total. The molecule has 0 unspecified atom stereocenters. The summed E-state index contributed by atoms with van der Waals surface area (Å²) in [5, 5.41) is 0. The number of nitrogens with zero attached hydrogens (tertiary/aromatic N) is 2. The highest BCUT2D eigenvalue weighted by atomic mass is 19.1. The zero-order chi connectivity index (χ0) is 16.2. The second-order valence-electron chi connectivity index (χ2n) is 6.05. The number of carbonyl (C=O) groups is 1. The van der Waals surface area contributed by atoms with Crippen LogP contribution in [0.4, 0.5) is 13.6 Å². The molecule has 0 N–H and O–H groups in total. The highest BCUT2D eigenvalue weighted by Crippen LogP contribution is 2.26. The molecule has 1 rings (SSSR count). The molecule has 6 heteroatoms. The molecule has 118 valence electrons. The number of hydrogen-bond donors (Lipinski definition) is 0. The topological polar surface area (TPSA) is 41.9 Å². The second kappa shape index (κ2) is 6.83. The van der Waals surface area contributed by atoms with Gasteiger partial charge in [0.2, 0.25) is 0 Å². The van der Waals surface area contributed by atoms with Crippen LogP contribution in [0.15, 0.2) is 29.2 Å². The van der Waals surface area contributed by atoms with Crippen LogP contribution < -0.4 is 0 Å². The second-order valence-corrected chi connectivity index (χ2v) is 6.05. The van der Waals surface area contributed by atoms with Crippen LogP contribution in [0.5, 0.6) is 0 Å². The van der Waals surface area contributed by atoms with Crippen LogP contribution in [0.3, 0.4) is 0 Å². The maximum atomic E-state index is 13.6. The number of hydrogen-bond acceptors (Lipinski definition) is 3. The predicted molar refractivity (Wildman–Crippen MR) is 78.7 cm³/mol. The van der Waals surface area contributed by atoms with Crippen molar-refractivity contribution in [3.63, 3.8) is 0 Å². The molecular weight excluding hydrogens is 278 g/mol. The van der Waals surface area contributed by atoms with Gasteiger partial charge in [0, 0.05) is 12.6 Å². The summed E-state index contributed by atoms with van der Waals surface area (Å²) in [6.07, 6.45) is 0.793. The van der Waals surface area contributed by atoms with Crippen molar-refractivity contribution < 1.29 is 18.3 Å². The summed E-state index contributed by atoms with van der Waals surface area (Å²) in [6.45, 7) is 10.2. The molecule has 21 heavy (non-hydrogen) atoms.